The molecule has 6 nitrogen and oxygen atoms in total. The summed E-state index contributed by atoms with van der Waals surface area (Å²) in [5, 5.41) is 3.48. The molecule has 2 atom stereocenters. The highest BCUT2D eigenvalue weighted by atomic mass is 16.5. The van der Waals surface area contributed by atoms with Gasteiger partial charge in [-0.25, -0.2) is 9.78 Å². The monoisotopic (exact) mass is 325 g/mol. The molecule has 4 rings (SSSR count). The molecule has 124 valence electrons. The van der Waals surface area contributed by atoms with Crippen LogP contribution in [0.15, 0.2) is 41.2 Å². The van der Waals surface area contributed by atoms with Crippen LogP contribution in [0.4, 0.5) is 0 Å². The summed E-state index contributed by atoms with van der Waals surface area (Å²) < 4.78 is 6.75. The van der Waals surface area contributed by atoms with Crippen LogP contribution in [0.2, 0.25) is 0 Å². The highest BCUT2D eigenvalue weighted by Crippen LogP contribution is 2.31. The predicted octanol–water partition coefficient (Wildman–Crippen LogP) is 1.80. The van der Waals surface area contributed by atoms with Crippen molar-refractivity contribution in [3.05, 3.63) is 52.5 Å². The number of benzene rings is 1. The van der Waals surface area contributed by atoms with E-state index in [9.17, 15) is 9.59 Å². The van der Waals surface area contributed by atoms with Gasteiger partial charge in [-0.05, 0) is 31.9 Å². The Morgan fingerprint density at radius 3 is 2.71 bits per heavy atom. The van der Waals surface area contributed by atoms with E-state index in [1.165, 1.54) is 0 Å². The molecule has 3 heterocycles. The van der Waals surface area contributed by atoms with Crippen LogP contribution >= 0.6 is 0 Å². The van der Waals surface area contributed by atoms with Gasteiger partial charge in [0.05, 0.1) is 17.6 Å². The Bertz CT molecular complexity index is 873. The second-order valence-electron chi connectivity index (χ2n) is 6.23. The van der Waals surface area contributed by atoms with E-state index in [0.29, 0.717) is 5.52 Å². The second-order valence-corrected chi connectivity index (χ2v) is 6.23. The number of hydrogen-bond donors (Lipinski definition) is 1. The molecule has 1 saturated heterocycles. The standard InChI is InChI=1S/C18H19N3O3/c1-2-24-18(23)16-17(22)21(15-6-4-3-5-14(15)20-16)13-9-11-7-8-12(10-13)19-11/h3-8,11-13,19H,2,9-10H2,1H3/t11-,12-/m1/s1. The summed E-state index contributed by atoms with van der Waals surface area (Å²) in [5.74, 6) is -0.656. The van der Waals surface area contributed by atoms with Crippen LogP contribution in [0.1, 0.15) is 36.3 Å². The first-order valence-electron chi connectivity index (χ1n) is 8.30. The number of rotatable bonds is 3. The first-order chi connectivity index (χ1) is 11.7. The summed E-state index contributed by atoms with van der Waals surface area (Å²) in [6.45, 7) is 1.93. The van der Waals surface area contributed by atoms with Crippen LogP contribution < -0.4 is 10.9 Å². The zero-order valence-electron chi connectivity index (χ0n) is 13.4. The fourth-order valence-electron chi connectivity index (χ4n) is 3.69. The molecule has 1 fully saturated rings. The Balaban J connectivity index is 1.88. The van der Waals surface area contributed by atoms with Crippen molar-refractivity contribution in [1.82, 2.24) is 14.9 Å². The molecule has 0 unspecified atom stereocenters. The number of aromatic nitrogens is 2. The number of nitrogens with zero attached hydrogens (tertiary/aromatic N) is 2. The smallest absolute Gasteiger partial charge is 0.362 e. The molecule has 1 aromatic carbocycles. The van der Waals surface area contributed by atoms with Crippen LogP contribution in [0, 0.1) is 0 Å². The normalized spacial score (nSPS) is 25.1. The van der Waals surface area contributed by atoms with E-state index in [2.05, 4.69) is 22.5 Å². The molecule has 24 heavy (non-hydrogen) atoms. The summed E-state index contributed by atoms with van der Waals surface area (Å²) in [6, 6.07) is 8.03. The number of carbonyl (C=O) groups is 1. The lowest BCUT2D eigenvalue weighted by Crippen LogP contribution is -2.43. The van der Waals surface area contributed by atoms with Crippen LogP contribution in [-0.2, 0) is 4.74 Å². The van der Waals surface area contributed by atoms with E-state index in [-0.39, 0.29) is 36.0 Å². The molecule has 1 N–H and O–H groups in total. The average Bonchev–Trinajstić information content (AvgIpc) is 2.92. The van der Waals surface area contributed by atoms with Crippen molar-refractivity contribution in [2.24, 2.45) is 0 Å². The van der Waals surface area contributed by atoms with E-state index in [1.807, 2.05) is 24.3 Å². The van der Waals surface area contributed by atoms with Crippen molar-refractivity contribution in [3.63, 3.8) is 0 Å². The number of hydrogen-bond acceptors (Lipinski definition) is 5. The van der Waals surface area contributed by atoms with Gasteiger partial charge >= 0.3 is 5.97 Å². The second kappa shape index (κ2) is 5.87. The summed E-state index contributed by atoms with van der Waals surface area (Å²) in [4.78, 5) is 29.4. The third-order valence-corrected chi connectivity index (χ3v) is 4.68. The van der Waals surface area contributed by atoms with Crippen LogP contribution in [-0.4, -0.2) is 34.2 Å². The van der Waals surface area contributed by atoms with Gasteiger partial charge in [-0.15, -0.1) is 0 Å². The summed E-state index contributed by atoms with van der Waals surface area (Å²) in [6.07, 6.45) is 5.96. The minimum absolute atomic E-state index is 0.0322. The van der Waals surface area contributed by atoms with E-state index < -0.39 is 5.97 Å². The predicted molar refractivity (Wildman–Crippen MR) is 90.1 cm³/mol. The lowest BCUT2D eigenvalue weighted by Gasteiger charge is -2.31. The highest BCUT2D eigenvalue weighted by Gasteiger charge is 2.33. The third kappa shape index (κ3) is 2.43. The van der Waals surface area contributed by atoms with Gasteiger partial charge in [0, 0.05) is 18.1 Å². The lowest BCUT2D eigenvalue weighted by molar-refractivity contribution is 0.0516. The molecule has 2 aliphatic heterocycles. The fourth-order valence-corrected chi connectivity index (χ4v) is 3.69. The topological polar surface area (TPSA) is 73.2 Å². The van der Waals surface area contributed by atoms with Crippen molar-refractivity contribution in [2.45, 2.75) is 37.9 Å². The number of ether oxygens (including phenoxy) is 1. The largest absolute Gasteiger partial charge is 0.461 e. The molecule has 2 bridgehead atoms. The minimum Gasteiger partial charge on any atom is -0.461 e. The number of carbonyl (C=O) groups excluding carboxylic acids is 1. The minimum atomic E-state index is -0.656. The molecule has 1 aromatic heterocycles. The molecular formula is C18H19N3O3. The van der Waals surface area contributed by atoms with Crippen molar-refractivity contribution in [1.29, 1.82) is 0 Å². The number of piperidine rings is 1. The zero-order chi connectivity index (χ0) is 16.7. The van der Waals surface area contributed by atoms with Gasteiger partial charge in [-0.2, -0.15) is 0 Å². The summed E-state index contributed by atoms with van der Waals surface area (Å²) >= 11 is 0. The summed E-state index contributed by atoms with van der Waals surface area (Å²) in [7, 11) is 0. The molecule has 0 saturated carbocycles. The maximum atomic E-state index is 13.0. The van der Waals surface area contributed by atoms with E-state index in [4.69, 9.17) is 4.74 Å². The molecule has 2 aromatic rings. The van der Waals surface area contributed by atoms with Gasteiger partial charge < -0.3 is 14.6 Å². The zero-order valence-corrected chi connectivity index (χ0v) is 13.4. The van der Waals surface area contributed by atoms with Gasteiger partial charge in [0.1, 0.15) is 0 Å². The molecule has 2 aliphatic rings. The van der Waals surface area contributed by atoms with Gasteiger partial charge in [0.15, 0.2) is 0 Å². The molecule has 6 heteroatoms. The number of esters is 1. The maximum absolute atomic E-state index is 13.0. The van der Waals surface area contributed by atoms with E-state index in [1.54, 1.807) is 11.5 Å². The van der Waals surface area contributed by atoms with Crippen molar-refractivity contribution < 1.29 is 9.53 Å². The number of fused-ring (bicyclic) bond motifs is 3. The quantitative estimate of drug-likeness (QED) is 0.688. The lowest BCUT2D eigenvalue weighted by atomic mass is 9.98. The first-order valence-corrected chi connectivity index (χ1v) is 8.30. The molecule has 0 amide bonds. The highest BCUT2D eigenvalue weighted by molar-refractivity contribution is 5.89. The van der Waals surface area contributed by atoms with Crippen molar-refractivity contribution in [2.75, 3.05) is 6.61 Å². The fraction of sp³-hybridized carbons (Fsp3) is 0.389. The van der Waals surface area contributed by atoms with Gasteiger partial charge in [0.2, 0.25) is 5.69 Å². The molecular weight excluding hydrogens is 306 g/mol. The SMILES string of the molecule is CCOC(=O)c1nc2ccccc2n(C2C[C@H]3C=C[C@H](C2)N3)c1=O. The Kier molecular flexibility index (Phi) is 3.69. The maximum Gasteiger partial charge on any atom is 0.362 e. The van der Waals surface area contributed by atoms with E-state index >= 15 is 0 Å². The molecule has 0 aliphatic carbocycles. The van der Waals surface area contributed by atoms with Gasteiger partial charge in [-0.1, -0.05) is 24.3 Å². The Labute approximate surface area is 139 Å². The molecule has 0 spiro atoms. The van der Waals surface area contributed by atoms with Crippen molar-refractivity contribution >= 4 is 17.0 Å². The average molecular weight is 325 g/mol. The Hall–Kier alpha value is -2.47. The van der Waals surface area contributed by atoms with Crippen LogP contribution in [0.25, 0.3) is 11.0 Å². The van der Waals surface area contributed by atoms with Gasteiger partial charge in [-0.3, -0.25) is 4.79 Å². The third-order valence-electron chi connectivity index (χ3n) is 4.68. The van der Waals surface area contributed by atoms with Crippen LogP contribution in [0.3, 0.4) is 0 Å². The van der Waals surface area contributed by atoms with E-state index in [0.717, 1.165) is 18.4 Å². The Morgan fingerprint density at radius 1 is 1.29 bits per heavy atom. The Morgan fingerprint density at radius 2 is 2.00 bits per heavy atom. The first kappa shape index (κ1) is 15.1. The number of nitrogens with one attached hydrogen (secondary N) is 1. The summed E-state index contributed by atoms with van der Waals surface area (Å²) in [5.41, 5.74) is 0.911. The number of para-hydroxylation sites is 2. The van der Waals surface area contributed by atoms with Crippen LogP contribution in [0.5, 0.6) is 0 Å². The van der Waals surface area contributed by atoms with Gasteiger partial charge in [0.25, 0.3) is 5.56 Å². The molecule has 0 radical (unpaired) electrons. The van der Waals surface area contributed by atoms with Crippen molar-refractivity contribution in [3.8, 4) is 0 Å².